The molecule has 0 spiro atoms. The van der Waals surface area contributed by atoms with Crippen LogP contribution >= 0.6 is 0 Å². The van der Waals surface area contributed by atoms with Crippen molar-refractivity contribution in [1.29, 1.82) is 0 Å². The van der Waals surface area contributed by atoms with Crippen LogP contribution in [0.2, 0.25) is 0 Å². The maximum absolute atomic E-state index is 12.2. The van der Waals surface area contributed by atoms with E-state index in [9.17, 15) is 4.79 Å². The molecule has 0 radical (unpaired) electrons. The van der Waals surface area contributed by atoms with Crippen molar-refractivity contribution in [3.05, 3.63) is 35.7 Å². The molecule has 2 aromatic heterocycles. The molecule has 3 heterocycles. The zero-order valence-electron chi connectivity index (χ0n) is 11.8. The summed E-state index contributed by atoms with van der Waals surface area (Å²) in [4.78, 5) is 21.8. The van der Waals surface area contributed by atoms with Crippen molar-refractivity contribution >= 4 is 5.91 Å². The van der Waals surface area contributed by atoms with E-state index in [0.717, 1.165) is 36.6 Å². The van der Waals surface area contributed by atoms with Gasteiger partial charge in [0, 0.05) is 37.1 Å². The molecule has 1 fully saturated rings. The molecule has 6 nitrogen and oxygen atoms in total. The molecule has 1 aliphatic rings. The standard InChI is InChI=1S/C14H19N5O/c1-10-5-16-19(7-10)9-13(20)18-4-3-12(8-18)14-15-6-11(2)17-14/h5-7,12H,3-4,8-9H2,1-2H3,(H,15,17)/t12-/m0/s1. The highest BCUT2D eigenvalue weighted by Gasteiger charge is 2.28. The average molecular weight is 273 g/mol. The van der Waals surface area contributed by atoms with Gasteiger partial charge in [-0.2, -0.15) is 5.10 Å². The Morgan fingerprint density at radius 3 is 2.95 bits per heavy atom. The Hall–Kier alpha value is -2.11. The van der Waals surface area contributed by atoms with Gasteiger partial charge >= 0.3 is 0 Å². The third-order valence-electron chi connectivity index (χ3n) is 3.71. The number of rotatable bonds is 3. The predicted octanol–water partition coefficient (Wildman–Crippen LogP) is 1.24. The van der Waals surface area contributed by atoms with Gasteiger partial charge in [0.2, 0.25) is 5.91 Å². The SMILES string of the molecule is Cc1cnn(CC(=O)N2CC[C@H](c3ncc(C)[nH]3)C2)c1. The summed E-state index contributed by atoms with van der Waals surface area (Å²) in [5.41, 5.74) is 2.14. The number of carbonyl (C=O) groups excluding carboxylic acids is 1. The molecule has 0 unspecified atom stereocenters. The van der Waals surface area contributed by atoms with Crippen molar-refractivity contribution in [2.45, 2.75) is 32.7 Å². The first-order valence-electron chi connectivity index (χ1n) is 6.90. The number of hydrogen-bond acceptors (Lipinski definition) is 3. The van der Waals surface area contributed by atoms with Crippen molar-refractivity contribution < 1.29 is 4.79 Å². The Kier molecular flexibility index (Phi) is 3.30. The number of carbonyl (C=O) groups is 1. The van der Waals surface area contributed by atoms with Crippen molar-refractivity contribution in [3.63, 3.8) is 0 Å². The summed E-state index contributed by atoms with van der Waals surface area (Å²) in [6.45, 7) is 5.82. The number of aryl methyl sites for hydroxylation is 2. The summed E-state index contributed by atoms with van der Waals surface area (Å²) >= 11 is 0. The van der Waals surface area contributed by atoms with E-state index in [4.69, 9.17) is 0 Å². The lowest BCUT2D eigenvalue weighted by molar-refractivity contribution is -0.131. The highest BCUT2D eigenvalue weighted by molar-refractivity contribution is 5.76. The van der Waals surface area contributed by atoms with Crippen LogP contribution in [0.5, 0.6) is 0 Å². The predicted molar refractivity (Wildman–Crippen MR) is 74.2 cm³/mol. The minimum Gasteiger partial charge on any atom is -0.346 e. The molecule has 0 aromatic carbocycles. The van der Waals surface area contributed by atoms with E-state index in [-0.39, 0.29) is 5.91 Å². The topological polar surface area (TPSA) is 66.8 Å². The third-order valence-corrected chi connectivity index (χ3v) is 3.71. The van der Waals surface area contributed by atoms with Gasteiger partial charge in [-0.15, -0.1) is 0 Å². The van der Waals surface area contributed by atoms with Crippen LogP contribution in [0.4, 0.5) is 0 Å². The first-order valence-corrected chi connectivity index (χ1v) is 6.90. The second-order valence-electron chi connectivity index (χ2n) is 5.49. The molecule has 1 amide bonds. The van der Waals surface area contributed by atoms with Crippen LogP contribution < -0.4 is 0 Å². The Morgan fingerprint density at radius 1 is 1.45 bits per heavy atom. The molecular formula is C14H19N5O. The van der Waals surface area contributed by atoms with E-state index < -0.39 is 0 Å². The summed E-state index contributed by atoms with van der Waals surface area (Å²) in [7, 11) is 0. The highest BCUT2D eigenvalue weighted by Crippen LogP contribution is 2.25. The van der Waals surface area contributed by atoms with Gasteiger partial charge in [0.05, 0.1) is 6.20 Å². The van der Waals surface area contributed by atoms with Gasteiger partial charge in [-0.3, -0.25) is 9.48 Å². The monoisotopic (exact) mass is 273 g/mol. The summed E-state index contributed by atoms with van der Waals surface area (Å²) in [6, 6.07) is 0. The molecule has 0 bridgehead atoms. The van der Waals surface area contributed by atoms with Gasteiger partial charge in [-0.25, -0.2) is 4.98 Å². The van der Waals surface area contributed by atoms with Crippen LogP contribution in [0.15, 0.2) is 18.6 Å². The molecule has 106 valence electrons. The van der Waals surface area contributed by atoms with Gasteiger partial charge in [0.25, 0.3) is 0 Å². The summed E-state index contributed by atoms with van der Waals surface area (Å²) in [6.07, 6.45) is 6.47. The minimum absolute atomic E-state index is 0.124. The fourth-order valence-corrected chi connectivity index (χ4v) is 2.64. The van der Waals surface area contributed by atoms with Crippen LogP contribution in [0.3, 0.4) is 0 Å². The minimum atomic E-state index is 0.124. The maximum atomic E-state index is 12.2. The Balaban J connectivity index is 1.60. The third kappa shape index (κ3) is 2.59. The zero-order chi connectivity index (χ0) is 14.1. The van der Waals surface area contributed by atoms with Crippen LogP contribution in [-0.2, 0) is 11.3 Å². The van der Waals surface area contributed by atoms with Crippen LogP contribution in [0, 0.1) is 13.8 Å². The number of nitrogens with zero attached hydrogens (tertiary/aromatic N) is 4. The van der Waals surface area contributed by atoms with Crippen LogP contribution in [0.25, 0.3) is 0 Å². The molecule has 20 heavy (non-hydrogen) atoms. The van der Waals surface area contributed by atoms with Crippen LogP contribution in [-0.4, -0.2) is 43.6 Å². The van der Waals surface area contributed by atoms with Crippen molar-refractivity contribution in [3.8, 4) is 0 Å². The Bertz CT molecular complexity index is 615. The van der Waals surface area contributed by atoms with Crippen molar-refractivity contribution in [2.75, 3.05) is 13.1 Å². The second kappa shape index (κ2) is 5.11. The van der Waals surface area contributed by atoms with Gasteiger partial charge in [-0.05, 0) is 25.8 Å². The van der Waals surface area contributed by atoms with Gasteiger partial charge in [-0.1, -0.05) is 0 Å². The van der Waals surface area contributed by atoms with Gasteiger partial charge in [0.15, 0.2) is 0 Å². The molecule has 1 N–H and O–H groups in total. The van der Waals surface area contributed by atoms with Crippen molar-refractivity contribution in [2.24, 2.45) is 0 Å². The summed E-state index contributed by atoms with van der Waals surface area (Å²) < 4.78 is 1.70. The largest absolute Gasteiger partial charge is 0.346 e. The Labute approximate surface area is 117 Å². The van der Waals surface area contributed by atoms with E-state index in [1.54, 1.807) is 10.9 Å². The molecule has 0 saturated carbocycles. The molecule has 3 rings (SSSR count). The number of hydrogen-bond donors (Lipinski definition) is 1. The smallest absolute Gasteiger partial charge is 0.244 e. The van der Waals surface area contributed by atoms with Gasteiger partial charge in [0.1, 0.15) is 12.4 Å². The lowest BCUT2D eigenvalue weighted by Gasteiger charge is -2.16. The van der Waals surface area contributed by atoms with Crippen molar-refractivity contribution in [1.82, 2.24) is 24.6 Å². The molecular weight excluding hydrogens is 254 g/mol. The van der Waals surface area contributed by atoms with E-state index in [0.29, 0.717) is 12.5 Å². The zero-order valence-corrected chi connectivity index (χ0v) is 11.8. The number of aromatic nitrogens is 4. The van der Waals surface area contributed by atoms with E-state index in [1.807, 2.05) is 31.1 Å². The number of imidazole rings is 1. The number of likely N-dealkylation sites (tertiary alicyclic amines) is 1. The molecule has 1 aliphatic heterocycles. The summed E-state index contributed by atoms with van der Waals surface area (Å²) in [5.74, 6) is 1.44. The quantitative estimate of drug-likeness (QED) is 0.915. The van der Waals surface area contributed by atoms with Gasteiger partial charge < -0.3 is 9.88 Å². The summed E-state index contributed by atoms with van der Waals surface area (Å²) in [5, 5.41) is 4.16. The molecule has 2 aromatic rings. The number of amides is 1. The average Bonchev–Trinajstić information content (AvgIpc) is 3.10. The first-order chi connectivity index (χ1) is 9.61. The highest BCUT2D eigenvalue weighted by atomic mass is 16.2. The number of nitrogens with one attached hydrogen (secondary N) is 1. The second-order valence-corrected chi connectivity index (χ2v) is 5.49. The molecule has 6 heteroatoms. The number of aromatic amines is 1. The van der Waals surface area contributed by atoms with E-state index in [1.165, 1.54) is 0 Å². The fourth-order valence-electron chi connectivity index (χ4n) is 2.64. The lowest BCUT2D eigenvalue weighted by Crippen LogP contribution is -2.31. The Morgan fingerprint density at radius 2 is 2.30 bits per heavy atom. The molecule has 0 aliphatic carbocycles. The molecule has 1 atom stereocenters. The lowest BCUT2D eigenvalue weighted by atomic mass is 10.1. The maximum Gasteiger partial charge on any atom is 0.244 e. The number of H-pyrrole nitrogens is 1. The molecule has 1 saturated heterocycles. The van der Waals surface area contributed by atoms with E-state index >= 15 is 0 Å². The fraction of sp³-hybridized carbons (Fsp3) is 0.500. The first kappa shape index (κ1) is 12.9. The van der Waals surface area contributed by atoms with E-state index in [2.05, 4.69) is 15.1 Å². The van der Waals surface area contributed by atoms with Crippen LogP contribution in [0.1, 0.15) is 29.4 Å². The normalized spacial score (nSPS) is 18.7.